The first kappa shape index (κ1) is 10.4. The number of urea groups is 1. The lowest BCUT2D eigenvalue weighted by atomic mass is 10.0. The van der Waals surface area contributed by atoms with E-state index < -0.39 is 0 Å². The third kappa shape index (κ3) is 2.61. The SMILES string of the molecule is CCNC(=O)NC1C(C)CCC1C. The zero-order valence-electron chi connectivity index (χ0n) is 8.76. The number of hydrogen-bond donors (Lipinski definition) is 2. The van der Waals surface area contributed by atoms with Crippen molar-refractivity contribution >= 4 is 6.03 Å². The summed E-state index contributed by atoms with van der Waals surface area (Å²) in [6.07, 6.45) is 2.47. The second-order valence-corrected chi connectivity index (χ2v) is 4.06. The van der Waals surface area contributed by atoms with E-state index in [-0.39, 0.29) is 6.03 Å². The van der Waals surface area contributed by atoms with Crippen LogP contribution >= 0.6 is 0 Å². The highest BCUT2D eigenvalue weighted by Crippen LogP contribution is 2.30. The molecule has 1 fully saturated rings. The summed E-state index contributed by atoms with van der Waals surface area (Å²) in [5.74, 6) is 1.25. The molecule has 3 heteroatoms. The molecule has 0 saturated heterocycles. The van der Waals surface area contributed by atoms with E-state index in [0.29, 0.717) is 24.4 Å². The van der Waals surface area contributed by atoms with Crippen LogP contribution in [0.25, 0.3) is 0 Å². The van der Waals surface area contributed by atoms with Crippen molar-refractivity contribution in [2.24, 2.45) is 11.8 Å². The lowest BCUT2D eigenvalue weighted by Gasteiger charge is -2.21. The Morgan fingerprint density at radius 1 is 1.31 bits per heavy atom. The van der Waals surface area contributed by atoms with E-state index in [4.69, 9.17) is 0 Å². The van der Waals surface area contributed by atoms with Gasteiger partial charge in [0.15, 0.2) is 0 Å². The van der Waals surface area contributed by atoms with Gasteiger partial charge in [0.2, 0.25) is 0 Å². The van der Waals surface area contributed by atoms with E-state index in [1.54, 1.807) is 0 Å². The van der Waals surface area contributed by atoms with Gasteiger partial charge in [-0.2, -0.15) is 0 Å². The summed E-state index contributed by atoms with van der Waals surface area (Å²) in [4.78, 5) is 11.3. The zero-order chi connectivity index (χ0) is 9.84. The molecule has 2 atom stereocenters. The zero-order valence-corrected chi connectivity index (χ0v) is 8.76. The Bertz CT molecular complexity index is 172. The van der Waals surface area contributed by atoms with Crippen LogP contribution in [0.5, 0.6) is 0 Å². The van der Waals surface area contributed by atoms with E-state index in [1.807, 2.05) is 6.92 Å². The Balaban J connectivity index is 2.38. The minimum absolute atomic E-state index is 0.0203. The molecule has 1 rings (SSSR count). The summed E-state index contributed by atoms with van der Waals surface area (Å²) in [6.45, 7) is 7.04. The highest BCUT2D eigenvalue weighted by Gasteiger charge is 2.30. The van der Waals surface area contributed by atoms with Crippen molar-refractivity contribution < 1.29 is 4.79 Å². The van der Waals surface area contributed by atoms with Gasteiger partial charge < -0.3 is 10.6 Å². The Morgan fingerprint density at radius 3 is 2.31 bits per heavy atom. The molecule has 2 amide bonds. The second kappa shape index (κ2) is 4.49. The summed E-state index contributed by atoms with van der Waals surface area (Å²) in [5.41, 5.74) is 0. The van der Waals surface area contributed by atoms with Gasteiger partial charge in [-0.05, 0) is 31.6 Å². The van der Waals surface area contributed by atoms with E-state index in [0.717, 1.165) is 0 Å². The summed E-state index contributed by atoms with van der Waals surface area (Å²) in [7, 11) is 0. The molecule has 0 aromatic carbocycles. The highest BCUT2D eigenvalue weighted by molar-refractivity contribution is 5.74. The molecule has 2 unspecified atom stereocenters. The quantitative estimate of drug-likeness (QED) is 0.674. The van der Waals surface area contributed by atoms with Crippen LogP contribution in [-0.2, 0) is 0 Å². The van der Waals surface area contributed by atoms with Gasteiger partial charge in [0.1, 0.15) is 0 Å². The van der Waals surface area contributed by atoms with E-state index >= 15 is 0 Å². The molecule has 0 aliphatic heterocycles. The van der Waals surface area contributed by atoms with Crippen molar-refractivity contribution in [1.29, 1.82) is 0 Å². The average molecular weight is 184 g/mol. The maximum Gasteiger partial charge on any atom is 0.315 e. The van der Waals surface area contributed by atoms with Gasteiger partial charge in [-0.1, -0.05) is 13.8 Å². The minimum atomic E-state index is -0.0203. The molecule has 0 heterocycles. The lowest BCUT2D eigenvalue weighted by Crippen LogP contribution is -2.45. The third-order valence-electron chi connectivity index (χ3n) is 2.94. The summed E-state index contributed by atoms with van der Waals surface area (Å²) in [5, 5.41) is 5.79. The predicted octanol–water partition coefficient (Wildman–Crippen LogP) is 1.74. The molecule has 0 spiro atoms. The molecule has 76 valence electrons. The van der Waals surface area contributed by atoms with Crippen LogP contribution in [0, 0.1) is 11.8 Å². The van der Waals surface area contributed by atoms with Gasteiger partial charge in [-0.3, -0.25) is 0 Å². The van der Waals surface area contributed by atoms with Crippen LogP contribution in [0.15, 0.2) is 0 Å². The normalized spacial score (nSPS) is 33.0. The molecule has 13 heavy (non-hydrogen) atoms. The van der Waals surface area contributed by atoms with Gasteiger partial charge in [-0.15, -0.1) is 0 Å². The summed E-state index contributed by atoms with van der Waals surface area (Å²) in [6, 6.07) is 0.347. The van der Waals surface area contributed by atoms with Gasteiger partial charge in [0.05, 0.1) is 0 Å². The first-order valence-corrected chi connectivity index (χ1v) is 5.19. The van der Waals surface area contributed by atoms with Crippen molar-refractivity contribution in [1.82, 2.24) is 10.6 Å². The Morgan fingerprint density at radius 2 is 1.85 bits per heavy atom. The molecule has 1 saturated carbocycles. The largest absolute Gasteiger partial charge is 0.338 e. The maximum atomic E-state index is 11.3. The minimum Gasteiger partial charge on any atom is -0.338 e. The smallest absolute Gasteiger partial charge is 0.315 e. The van der Waals surface area contributed by atoms with Gasteiger partial charge >= 0.3 is 6.03 Å². The second-order valence-electron chi connectivity index (χ2n) is 4.06. The van der Waals surface area contributed by atoms with Crippen molar-refractivity contribution in [2.45, 2.75) is 39.7 Å². The van der Waals surface area contributed by atoms with Crippen LogP contribution in [0.3, 0.4) is 0 Å². The van der Waals surface area contributed by atoms with Crippen LogP contribution in [0.2, 0.25) is 0 Å². The average Bonchev–Trinajstić information content (AvgIpc) is 2.36. The molecule has 1 aliphatic carbocycles. The molecule has 0 radical (unpaired) electrons. The van der Waals surface area contributed by atoms with Crippen molar-refractivity contribution in [3.05, 3.63) is 0 Å². The number of carbonyl (C=O) groups excluding carboxylic acids is 1. The number of nitrogens with one attached hydrogen (secondary N) is 2. The van der Waals surface area contributed by atoms with Crippen LogP contribution < -0.4 is 10.6 Å². The van der Waals surface area contributed by atoms with Gasteiger partial charge in [0.25, 0.3) is 0 Å². The first-order valence-electron chi connectivity index (χ1n) is 5.19. The number of amides is 2. The molecule has 0 aromatic rings. The van der Waals surface area contributed by atoms with Crippen LogP contribution in [0.1, 0.15) is 33.6 Å². The summed E-state index contributed by atoms with van der Waals surface area (Å²) >= 11 is 0. The fourth-order valence-electron chi connectivity index (χ4n) is 2.09. The molecular formula is C10H20N2O. The number of carbonyl (C=O) groups is 1. The monoisotopic (exact) mass is 184 g/mol. The Labute approximate surface area is 80.3 Å². The Hall–Kier alpha value is -0.730. The molecule has 1 aliphatic rings. The molecular weight excluding hydrogens is 164 g/mol. The van der Waals surface area contributed by atoms with Crippen LogP contribution in [0.4, 0.5) is 4.79 Å². The predicted molar refractivity (Wildman–Crippen MR) is 53.6 cm³/mol. The Kier molecular flexibility index (Phi) is 3.58. The third-order valence-corrected chi connectivity index (χ3v) is 2.94. The van der Waals surface area contributed by atoms with Gasteiger partial charge in [-0.25, -0.2) is 4.79 Å². The van der Waals surface area contributed by atoms with Crippen molar-refractivity contribution in [2.75, 3.05) is 6.54 Å². The fourth-order valence-corrected chi connectivity index (χ4v) is 2.09. The summed E-state index contributed by atoms with van der Waals surface area (Å²) < 4.78 is 0. The van der Waals surface area contributed by atoms with Crippen LogP contribution in [-0.4, -0.2) is 18.6 Å². The van der Waals surface area contributed by atoms with Crippen molar-refractivity contribution in [3.8, 4) is 0 Å². The number of rotatable bonds is 2. The molecule has 3 nitrogen and oxygen atoms in total. The maximum absolute atomic E-state index is 11.3. The standard InChI is InChI=1S/C10H20N2O/c1-4-11-10(13)12-9-7(2)5-6-8(9)3/h7-9H,4-6H2,1-3H3,(H2,11,12,13). The first-order chi connectivity index (χ1) is 6.15. The topological polar surface area (TPSA) is 41.1 Å². The fraction of sp³-hybridized carbons (Fsp3) is 0.900. The lowest BCUT2D eigenvalue weighted by molar-refractivity contribution is 0.231. The molecule has 0 aromatic heterocycles. The van der Waals surface area contributed by atoms with Gasteiger partial charge in [0, 0.05) is 12.6 Å². The van der Waals surface area contributed by atoms with E-state index in [2.05, 4.69) is 24.5 Å². The molecule has 0 bridgehead atoms. The number of hydrogen-bond acceptors (Lipinski definition) is 1. The highest BCUT2D eigenvalue weighted by atomic mass is 16.2. The van der Waals surface area contributed by atoms with Crippen molar-refractivity contribution in [3.63, 3.8) is 0 Å². The van der Waals surface area contributed by atoms with E-state index in [9.17, 15) is 4.79 Å². The van der Waals surface area contributed by atoms with E-state index in [1.165, 1.54) is 12.8 Å². The molecule has 2 N–H and O–H groups in total.